The Morgan fingerprint density at radius 2 is 1.84 bits per heavy atom. The summed E-state index contributed by atoms with van der Waals surface area (Å²) in [4.78, 5) is 16.4. The van der Waals surface area contributed by atoms with Crippen LogP contribution in [0.2, 0.25) is 0 Å². The van der Waals surface area contributed by atoms with Gasteiger partial charge in [0.25, 0.3) is 5.91 Å². The molecule has 1 amide bonds. The topological polar surface area (TPSA) is 59.8 Å². The van der Waals surface area contributed by atoms with Gasteiger partial charge in [-0.3, -0.25) is 4.79 Å². The predicted molar refractivity (Wildman–Crippen MR) is 91.3 cm³/mol. The van der Waals surface area contributed by atoms with Crippen molar-refractivity contribution in [2.24, 2.45) is 0 Å². The van der Waals surface area contributed by atoms with Gasteiger partial charge < -0.3 is 5.32 Å². The number of rotatable bonds is 4. The van der Waals surface area contributed by atoms with Crippen molar-refractivity contribution >= 4 is 21.8 Å². The Morgan fingerprint density at radius 1 is 1.16 bits per heavy atom. The molecule has 25 heavy (non-hydrogen) atoms. The SMILES string of the molecule is Cc1nc(C(=O)NCc2cc(F)ccc2Br)nn1-c1ccc(F)cc1. The van der Waals surface area contributed by atoms with E-state index in [0.29, 0.717) is 21.5 Å². The van der Waals surface area contributed by atoms with Crippen molar-refractivity contribution in [1.82, 2.24) is 20.1 Å². The van der Waals surface area contributed by atoms with E-state index < -0.39 is 5.91 Å². The Hall–Kier alpha value is -2.61. The number of aryl methyl sites for hydroxylation is 1. The standard InChI is InChI=1S/C17H13BrF2N4O/c1-10-22-16(23-24(10)14-5-2-12(19)3-6-14)17(25)21-9-11-8-13(20)4-7-15(11)18/h2-8H,9H2,1H3,(H,21,25). The van der Waals surface area contributed by atoms with Crippen molar-refractivity contribution in [2.75, 3.05) is 0 Å². The van der Waals surface area contributed by atoms with Gasteiger partial charge in [-0.15, -0.1) is 5.10 Å². The molecule has 3 rings (SSSR count). The number of hydrogen-bond donors (Lipinski definition) is 1. The van der Waals surface area contributed by atoms with Crippen LogP contribution in [0.25, 0.3) is 5.69 Å². The Morgan fingerprint density at radius 3 is 2.56 bits per heavy atom. The van der Waals surface area contributed by atoms with Crippen LogP contribution in [0.5, 0.6) is 0 Å². The molecule has 8 heteroatoms. The molecule has 0 aliphatic rings. The average molecular weight is 407 g/mol. The van der Waals surface area contributed by atoms with Crippen molar-refractivity contribution in [3.05, 3.63) is 75.8 Å². The third-order valence-electron chi connectivity index (χ3n) is 3.49. The lowest BCUT2D eigenvalue weighted by Gasteiger charge is -2.05. The lowest BCUT2D eigenvalue weighted by atomic mass is 10.2. The first-order valence-corrected chi connectivity index (χ1v) is 8.15. The maximum atomic E-state index is 13.3. The van der Waals surface area contributed by atoms with E-state index >= 15 is 0 Å². The Bertz CT molecular complexity index is 925. The second-order valence-electron chi connectivity index (χ2n) is 5.29. The highest BCUT2D eigenvalue weighted by molar-refractivity contribution is 9.10. The van der Waals surface area contributed by atoms with Gasteiger partial charge in [0.1, 0.15) is 17.5 Å². The molecule has 0 saturated heterocycles. The van der Waals surface area contributed by atoms with Gasteiger partial charge in [-0.2, -0.15) is 0 Å². The van der Waals surface area contributed by atoms with Gasteiger partial charge in [0.15, 0.2) is 0 Å². The lowest BCUT2D eigenvalue weighted by molar-refractivity contribution is 0.0940. The minimum absolute atomic E-state index is 0.0191. The van der Waals surface area contributed by atoms with E-state index in [1.807, 2.05) is 0 Å². The maximum absolute atomic E-state index is 13.3. The fourth-order valence-electron chi connectivity index (χ4n) is 2.25. The number of amides is 1. The van der Waals surface area contributed by atoms with E-state index in [1.165, 1.54) is 28.9 Å². The number of carbonyl (C=O) groups is 1. The summed E-state index contributed by atoms with van der Waals surface area (Å²) in [5.41, 5.74) is 1.20. The van der Waals surface area contributed by atoms with Crippen molar-refractivity contribution in [2.45, 2.75) is 13.5 Å². The zero-order chi connectivity index (χ0) is 18.0. The Kier molecular flexibility index (Phi) is 4.89. The minimum atomic E-state index is -0.486. The molecule has 1 heterocycles. The van der Waals surface area contributed by atoms with Crippen LogP contribution in [-0.4, -0.2) is 20.7 Å². The van der Waals surface area contributed by atoms with Crippen molar-refractivity contribution < 1.29 is 13.6 Å². The van der Waals surface area contributed by atoms with E-state index in [4.69, 9.17) is 0 Å². The Balaban J connectivity index is 1.76. The van der Waals surface area contributed by atoms with E-state index in [0.717, 1.165) is 0 Å². The van der Waals surface area contributed by atoms with Gasteiger partial charge in [0.2, 0.25) is 5.82 Å². The second kappa shape index (κ2) is 7.10. The van der Waals surface area contributed by atoms with Crippen LogP contribution in [-0.2, 0) is 6.54 Å². The van der Waals surface area contributed by atoms with Crippen LogP contribution >= 0.6 is 15.9 Å². The van der Waals surface area contributed by atoms with Crippen LogP contribution in [0.3, 0.4) is 0 Å². The largest absolute Gasteiger partial charge is 0.345 e. The zero-order valence-corrected chi connectivity index (χ0v) is 14.7. The van der Waals surface area contributed by atoms with Gasteiger partial charge in [-0.1, -0.05) is 15.9 Å². The van der Waals surface area contributed by atoms with Gasteiger partial charge in [-0.25, -0.2) is 18.4 Å². The van der Waals surface area contributed by atoms with Gasteiger partial charge in [0.05, 0.1) is 5.69 Å². The summed E-state index contributed by atoms with van der Waals surface area (Å²) in [6, 6.07) is 9.92. The molecule has 0 bridgehead atoms. The van der Waals surface area contributed by atoms with Crippen LogP contribution in [0, 0.1) is 18.6 Å². The molecule has 3 aromatic rings. The first-order chi connectivity index (χ1) is 11.9. The summed E-state index contributed by atoms with van der Waals surface area (Å²) in [6.07, 6.45) is 0. The van der Waals surface area contributed by atoms with Crippen LogP contribution in [0.15, 0.2) is 46.9 Å². The molecule has 2 aromatic carbocycles. The summed E-state index contributed by atoms with van der Waals surface area (Å²) in [5, 5.41) is 6.80. The smallest absolute Gasteiger partial charge is 0.291 e. The summed E-state index contributed by atoms with van der Waals surface area (Å²) in [6.45, 7) is 1.82. The fraction of sp³-hybridized carbons (Fsp3) is 0.118. The molecule has 1 aromatic heterocycles. The molecule has 0 fully saturated rings. The number of nitrogens with one attached hydrogen (secondary N) is 1. The second-order valence-corrected chi connectivity index (χ2v) is 6.14. The molecule has 0 spiro atoms. The van der Waals surface area contributed by atoms with E-state index in [1.54, 1.807) is 25.1 Å². The minimum Gasteiger partial charge on any atom is -0.345 e. The number of halogens is 3. The van der Waals surface area contributed by atoms with E-state index in [9.17, 15) is 13.6 Å². The molecule has 128 valence electrons. The molecule has 5 nitrogen and oxygen atoms in total. The molecular formula is C17H13BrF2N4O. The number of hydrogen-bond acceptors (Lipinski definition) is 3. The molecule has 1 N–H and O–H groups in total. The van der Waals surface area contributed by atoms with Crippen LogP contribution < -0.4 is 5.32 Å². The van der Waals surface area contributed by atoms with Gasteiger partial charge in [-0.05, 0) is 55.0 Å². The van der Waals surface area contributed by atoms with E-state index in [2.05, 4.69) is 31.3 Å². The fourth-order valence-corrected chi connectivity index (χ4v) is 2.63. The highest BCUT2D eigenvalue weighted by Crippen LogP contribution is 2.17. The number of carbonyl (C=O) groups excluding carboxylic acids is 1. The normalized spacial score (nSPS) is 10.7. The summed E-state index contributed by atoms with van der Waals surface area (Å²) >= 11 is 3.30. The van der Waals surface area contributed by atoms with Crippen molar-refractivity contribution in [3.8, 4) is 5.69 Å². The van der Waals surface area contributed by atoms with Crippen LogP contribution in [0.4, 0.5) is 8.78 Å². The van der Waals surface area contributed by atoms with Gasteiger partial charge in [0, 0.05) is 11.0 Å². The summed E-state index contributed by atoms with van der Waals surface area (Å²) in [7, 11) is 0. The first-order valence-electron chi connectivity index (χ1n) is 7.36. The lowest BCUT2D eigenvalue weighted by Crippen LogP contribution is -2.24. The number of nitrogens with zero attached hydrogens (tertiary/aromatic N) is 3. The van der Waals surface area contributed by atoms with Crippen molar-refractivity contribution in [3.63, 3.8) is 0 Å². The third-order valence-corrected chi connectivity index (χ3v) is 4.26. The van der Waals surface area contributed by atoms with Gasteiger partial charge >= 0.3 is 0 Å². The van der Waals surface area contributed by atoms with Crippen molar-refractivity contribution in [1.29, 1.82) is 0 Å². The zero-order valence-electron chi connectivity index (χ0n) is 13.1. The van der Waals surface area contributed by atoms with E-state index in [-0.39, 0.29) is 24.0 Å². The first kappa shape index (κ1) is 17.2. The molecule has 0 unspecified atom stereocenters. The number of benzene rings is 2. The molecule has 0 radical (unpaired) electrons. The third kappa shape index (κ3) is 3.90. The molecular weight excluding hydrogens is 394 g/mol. The predicted octanol–water partition coefficient (Wildman–Crippen LogP) is 3.55. The molecule has 0 aliphatic carbocycles. The molecule has 0 saturated carbocycles. The quantitative estimate of drug-likeness (QED) is 0.720. The average Bonchev–Trinajstić information content (AvgIpc) is 2.98. The highest BCUT2D eigenvalue weighted by Gasteiger charge is 2.15. The Labute approximate surface area is 150 Å². The van der Waals surface area contributed by atoms with Crippen LogP contribution in [0.1, 0.15) is 22.0 Å². The highest BCUT2D eigenvalue weighted by atomic mass is 79.9. The number of aromatic nitrogens is 3. The monoisotopic (exact) mass is 406 g/mol. The summed E-state index contributed by atoms with van der Waals surface area (Å²) < 4.78 is 28.4. The maximum Gasteiger partial charge on any atom is 0.291 e. The molecule has 0 aliphatic heterocycles. The summed E-state index contributed by atoms with van der Waals surface area (Å²) in [5.74, 6) is -0.764. The molecule has 0 atom stereocenters.